The quantitative estimate of drug-likeness (QED) is 0.788. The summed E-state index contributed by atoms with van der Waals surface area (Å²) in [6, 6.07) is 5.96. The van der Waals surface area contributed by atoms with Crippen molar-refractivity contribution in [3.8, 4) is 16.9 Å². The van der Waals surface area contributed by atoms with E-state index in [1.54, 1.807) is 7.11 Å². The molecule has 0 heterocycles. The van der Waals surface area contributed by atoms with E-state index < -0.39 is 0 Å². The predicted molar refractivity (Wildman–Crippen MR) is 65.9 cm³/mol. The maximum atomic E-state index is 11.3. The van der Waals surface area contributed by atoms with Crippen LogP contribution in [-0.4, -0.2) is 7.11 Å². The Hall–Kier alpha value is -1.57. The van der Waals surface area contributed by atoms with Gasteiger partial charge in [0, 0.05) is 11.1 Å². The lowest BCUT2D eigenvalue weighted by Gasteiger charge is -2.12. The van der Waals surface area contributed by atoms with E-state index in [0.717, 1.165) is 28.0 Å². The Bertz CT molecular complexity index is 529. The summed E-state index contributed by atoms with van der Waals surface area (Å²) in [5.74, 6) is 1.29. The van der Waals surface area contributed by atoms with Gasteiger partial charge in [0.15, 0.2) is 5.43 Å². The van der Waals surface area contributed by atoms with Crippen molar-refractivity contribution in [2.45, 2.75) is 26.7 Å². The molecule has 0 spiro atoms. The Morgan fingerprint density at radius 2 is 1.88 bits per heavy atom. The van der Waals surface area contributed by atoms with Gasteiger partial charge in [-0.25, -0.2) is 0 Å². The molecule has 0 atom stereocenters. The van der Waals surface area contributed by atoms with Crippen LogP contribution in [0, 0.1) is 6.92 Å². The van der Waals surface area contributed by atoms with Crippen molar-refractivity contribution in [2.24, 2.45) is 0 Å². The monoisotopic (exact) mass is 216 g/mol. The second-order valence-corrected chi connectivity index (χ2v) is 4.44. The zero-order chi connectivity index (χ0) is 11.9. The summed E-state index contributed by atoms with van der Waals surface area (Å²) in [5.41, 5.74) is 4.14. The molecule has 0 aliphatic rings. The van der Waals surface area contributed by atoms with E-state index in [1.165, 1.54) is 0 Å². The number of ether oxygens (including phenoxy) is 1. The van der Waals surface area contributed by atoms with Crippen LogP contribution in [-0.2, 0) is 0 Å². The molecule has 0 aliphatic carbocycles. The van der Waals surface area contributed by atoms with Crippen molar-refractivity contribution in [1.29, 1.82) is 0 Å². The lowest BCUT2D eigenvalue weighted by atomic mass is 9.98. The van der Waals surface area contributed by atoms with E-state index in [9.17, 15) is 4.79 Å². The van der Waals surface area contributed by atoms with Gasteiger partial charge >= 0.3 is 0 Å². The fraction of sp³-hybridized carbons (Fsp3) is 0.357. The third-order valence-electron chi connectivity index (χ3n) is 3.02. The lowest BCUT2D eigenvalue weighted by molar-refractivity contribution is 0.407. The van der Waals surface area contributed by atoms with E-state index >= 15 is 0 Å². The van der Waals surface area contributed by atoms with Crippen LogP contribution in [0.15, 0.2) is 23.0 Å². The van der Waals surface area contributed by atoms with Gasteiger partial charge in [-0.3, -0.25) is 4.79 Å². The summed E-state index contributed by atoms with van der Waals surface area (Å²) < 4.78 is 5.31. The minimum Gasteiger partial charge on any atom is -0.496 e. The zero-order valence-electron chi connectivity index (χ0n) is 10.1. The van der Waals surface area contributed by atoms with Crippen LogP contribution in [0.4, 0.5) is 0 Å². The minimum absolute atomic E-state index is 0.194. The summed E-state index contributed by atoms with van der Waals surface area (Å²) in [5, 5.41) is 0. The van der Waals surface area contributed by atoms with Gasteiger partial charge in [0.2, 0.25) is 0 Å². The van der Waals surface area contributed by atoms with Crippen molar-refractivity contribution < 1.29 is 4.74 Å². The Labute approximate surface area is 95.6 Å². The van der Waals surface area contributed by atoms with Crippen LogP contribution in [0.25, 0.3) is 11.1 Å². The smallest absolute Gasteiger partial charge is 0.190 e. The van der Waals surface area contributed by atoms with E-state index in [1.807, 2.05) is 19.1 Å². The first-order chi connectivity index (χ1) is 7.56. The third kappa shape index (κ3) is 1.64. The topological polar surface area (TPSA) is 26.3 Å². The van der Waals surface area contributed by atoms with E-state index in [2.05, 4.69) is 19.9 Å². The molecular weight excluding hydrogens is 200 g/mol. The van der Waals surface area contributed by atoms with Gasteiger partial charge in [-0.1, -0.05) is 19.9 Å². The maximum Gasteiger partial charge on any atom is 0.190 e. The first-order valence-corrected chi connectivity index (χ1v) is 5.50. The van der Waals surface area contributed by atoms with Gasteiger partial charge in [0.05, 0.1) is 7.11 Å². The normalized spacial score (nSPS) is 11.3. The molecule has 0 saturated heterocycles. The number of rotatable bonds is 3. The number of benzene rings is 1. The van der Waals surface area contributed by atoms with E-state index in [-0.39, 0.29) is 5.43 Å². The molecule has 0 bridgehead atoms. The Morgan fingerprint density at radius 3 is 2.31 bits per heavy atom. The highest BCUT2D eigenvalue weighted by molar-refractivity contribution is 5.76. The van der Waals surface area contributed by atoms with Crippen LogP contribution in [0.3, 0.4) is 0 Å². The molecule has 84 valence electrons. The summed E-state index contributed by atoms with van der Waals surface area (Å²) in [7, 11) is 1.67. The Kier molecular flexibility index (Phi) is 2.58. The van der Waals surface area contributed by atoms with Gasteiger partial charge < -0.3 is 4.74 Å². The molecule has 0 amide bonds. The summed E-state index contributed by atoms with van der Waals surface area (Å²) in [6.07, 6.45) is 0. The van der Waals surface area contributed by atoms with Gasteiger partial charge in [-0.2, -0.15) is 0 Å². The molecule has 2 heteroatoms. The molecule has 2 aromatic carbocycles. The highest BCUT2D eigenvalue weighted by atomic mass is 16.5. The van der Waals surface area contributed by atoms with E-state index in [0.29, 0.717) is 5.92 Å². The fourth-order valence-corrected chi connectivity index (χ4v) is 1.95. The van der Waals surface area contributed by atoms with Crippen LogP contribution in [0.1, 0.15) is 30.9 Å². The first kappa shape index (κ1) is 10.9. The average molecular weight is 216 g/mol. The van der Waals surface area contributed by atoms with Crippen molar-refractivity contribution in [3.05, 3.63) is 39.5 Å². The fourth-order valence-electron chi connectivity index (χ4n) is 1.95. The minimum atomic E-state index is 0.194. The van der Waals surface area contributed by atoms with Gasteiger partial charge in [0.1, 0.15) is 5.75 Å². The Balaban J connectivity index is 2.48. The molecule has 0 N–H and O–H groups in total. The molecule has 0 saturated carbocycles. The third-order valence-corrected chi connectivity index (χ3v) is 3.02. The Morgan fingerprint density at radius 1 is 1.25 bits per heavy atom. The van der Waals surface area contributed by atoms with Crippen LogP contribution in [0.5, 0.6) is 5.75 Å². The molecule has 2 nitrogen and oxygen atoms in total. The molecule has 2 aromatic rings. The number of hydrogen-bond acceptors (Lipinski definition) is 2. The predicted octanol–water partition coefficient (Wildman–Crippen LogP) is 3.03. The molecule has 16 heavy (non-hydrogen) atoms. The molecule has 0 radical (unpaired) electrons. The van der Waals surface area contributed by atoms with Gasteiger partial charge in [-0.05, 0) is 36.1 Å². The molecule has 0 aromatic heterocycles. The van der Waals surface area contributed by atoms with Gasteiger partial charge in [-0.15, -0.1) is 0 Å². The number of methoxy groups -OCH3 is 1. The van der Waals surface area contributed by atoms with Crippen molar-refractivity contribution in [2.75, 3.05) is 7.11 Å². The zero-order valence-corrected chi connectivity index (χ0v) is 10.1. The summed E-state index contributed by atoms with van der Waals surface area (Å²) >= 11 is 0. The molecule has 0 aliphatic heterocycles. The van der Waals surface area contributed by atoms with Crippen LogP contribution < -0.4 is 10.2 Å². The maximum absolute atomic E-state index is 11.3. The number of hydrogen-bond donors (Lipinski definition) is 0. The SMILES string of the molecule is COc1ccc(-c2c(C)c2=O)cc1C(C)C. The molecule has 0 unspecified atom stereocenters. The highest BCUT2D eigenvalue weighted by Crippen LogP contribution is 2.33. The summed E-state index contributed by atoms with van der Waals surface area (Å²) in [4.78, 5) is 11.3. The van der Waals surface area contributed by atoms with E-state index in [4.69, 9.17) is 4.74 Å². The molecule has 0 fully saturated rings. The highest BCUT2D eigenvalue weighted by Gasteiger charge is 2.20. The first-order valence-electron chi connectivity index (χ1n) is 5.50. The van der Waals surface area contributed by atoms with Crippen molar-refractivity contribution >= 4 is 0 Å². The largest absolute Gasteiger partial charge is 0.496 e. The van der Waals surface area contributed by atoms with Gasteiger partial charge in [0.25, 0.3) is 0 Å². The van der Waals surface area contributed by atoms with Crippen LogP contribution in [0.2, 0.25) is 0 Å². The summed E-state index contributed by atoms with van der Waals surface area (Å²) in [6.45, 7) is 6.12. The lowest BCUT2D eigenvalue weighted by Crippen LogP contribution is -1.94. The van der Waals surface area contributed by atoms with Crippen LogP contribution >= 0.6 is 0 Å². The average Bonchev–Trinajstić information content (AvgIpc) is 2.86. The molecular formula is C14H16O2. The van der Waals surface area contributed by atoms with Crippen molar-refractivity contribution in [3.63, 3.8) is 0 Å². The second kappa shape index (κ2) is 3.78. The van der Waals surface area contributed by atoms with Crippen molar-refractivity contribution in [1.82, 2.24) is 0 Å². The standard InChI is InChI=1S/C14H16O2/c1-8(2)11-7-10(5-6-12(11)16-4)13-9(3)14(13)15/h5-8H,1-4H3. The second-order valence-electron chi connectivity index (χ2n) is 4.44. The molecule has 2 rings (SSSR count).